The van der Waals surface area contributed by atoms with E-state index in [1.165, 1.54) is 7.11 Å². The van der Waals surface area contributed by atoms with E-state index in [1.54, 1.807) is 6.08 Å². The predicted molar refractivity (Wildman–Crippen MR) is 60.8 cm³/mol. The Hall–Kier alpha value is -1.28. The molecule has 0 N–H and O–H groups in total. The van der Waals surface area contributed by atoms with Gasteiger partial charge in [-0.3, -0.25) is 0 Å². The van der Waals surface area contributed by atoms with Crippen molar-refractivity contribution in [3.63, 3.8) is 0 Å². The first-order chi connectivity index (χ1) is 7.15. The first kappa shape index (κ1) is 11.8. The van der Waals surface area contributed by atoms with E-state index in [2.05, 4.69) is 4.74 Å². The third-order valence-corrected chi connectivity index (χ3v) is 2.38. The van der Waals surface area contributed by atoms with Gasteiger partial charge in [-0.1, -0.05) is 54.9 Å². The zero-order valence-electron chi connectivity index (χ0n) is 8.74. The summed E-state index contributed by atoms with van der Waals surface area (Å²) < 4.78 is 4.51. The average Bonchev–Trinajstić information content (AvgIpc) is 2.29. The minimum Gasteiger partial charge on any atom is -0.465 e. The van der Waals surface area contributed by atoms with Crippen LogP contribution >= 0.6 is 11.6 Å². The van der Waals surface area contributed by atoms with Crippen LogP contribution in [0.25, 0.3) is 0 Å². The normalized spacial score (nSPS) is 13.4. The zero-order valence-corrected chi connectivity index (χ0v) is 9.49. The van der Waals surface area contributed by atoms with Crippen LogP contribution in [0.1, 0.15) is 18.4 Å². The number of allylic oxidation sites excluding steroid dienone is 1. The summed E-state index contributed by atoms with van der Waals surface area (Å²) in [7, 11) is 1.31. The molecule has 1 aromatic rings. The van der Waals surface area contributed by atoms with Crippen LogP contribution in [-0.2, 0) is 9.53 Å². The number of carbonyl (C=O) groups is 1. The summed E-state index contributed by atoms with van der Waals surface area (Å²) in [5, 5.41) is 0.119. The Morgan fingerprint density at radius 3 is 2.53 bits per heavy atom. The molecular weight excluding hydrogens is 212 g/mol. The Morgan fingerprint density at radius 1 is 1.40 bits per heavy atom. The molecule has 0 aliphatic carbocycles. The lowest BCUT2D eigenvalue weighted by atomic mass is 10.0. The summed E-state index contributed by atoms with van der Waals surface area (Å²) in [6, 6.07) is 9.82. The first-order valence-electron chi connectivity index (χ1n) is 4.65. The second-order valence-electron chi connectivity index (χ2n) is 3.21. The van der Waals surface area contributed by atoms with Gasteiger partial charge < -0.3 is 4.74 Å². The monoisotopic (exact) mass is 224 g/mol. The molecule has 0 aliphatic heterocycles. The third-order valence-electron chi connectivity index (χ3n) is 2.10. The molecule has 1 atom stereocenters. The van der Waals surface area contributed by atoms with Crippen molar-refractivity contribution in [2.75, 3.05) is 7.11 Å². The summed E-state index contributed by atoms with van der Waals surface area (Å²) in [5.41, 5.74) is 1.11. The standard InChI is InChI=1S/C12H13ClO2/c1-9(8-11(13)12(14)15-2)10-6-4-3-5-7-10/h3-9H,1-2H3. The van der Waals surface area contributed by atoms with E-state index in [0.29, 0.717) is 0 Å². The van der Waals surface area contributed by atoms with Crippen molar-refractivity contribution in [3.8, 4) is 0 Å². The van der Waals surface area contributed by atoms with Gasteiger partial charge in [0, 0.05) is 5.92 Å². The predicted octanol–water partition coefficient (Wildman–Crippen LogP) is 3.09. The number of benzene rings is 1. The van der Waals surface area contributed by atoms with Crippen LogP contribution in [0.5, 0.6) is 0 Å². The molecule has 15 heavy (non-hydrogen) atoms. The van der Waals surface area contributed by atoms with Crippen LogP contribution < -0.4 is 0 Å². The molecule has 2 nitrogen and oxygen atoms in total. The zero-order chi connectivity index (χ0) is 11.3. The number of rotatable bonds is 3. The fraction of sp³-hybridized carbons (Fsp3) is 0.250. The molecule has 0 heterocycles. The highest BCUT2D eigenvalue weighted by molar-refractivity contribution is 6.41. The van der Waals surface area contributed by atoms with E-state index in [9.17, 15) is 4.79 Å². The number of hydrogen-bond donors (Lipinski definition) is 0. The topological polar surface area (TPSA) is 26.3 Å². The number of carbonyl (C=O) groups excluding carboxylic acids is 1. The van der Waals surface area contributed by atoms with E-state index in [1.807, 2.05) is 37.3 Å². The van der Waals surface area contributed by atoms with Crippen molar-refractivity contribution in [2.24, 2.45) is 0 Å². The maximum atomic E-state index is 11.1. The quantitative estimate of drug-likeness (QED) is 0.583. The van der Waals surface area contributed by atoms with Gasteiger partial charge in [0.25, 0.3) is 0 Å². The van der Waals surface area contributed by atoms with Crippen LogP contribution in [0.2, 0.25) is 0 Å². The van der Waals surface area contributed by atoms with Crippen LogP contribution in [0.3, 0.4) is 0 Å². The summed E-state index contributed by atoms with van der Waals surface area (Å²) in [5.74, 6) is -0.405. The number of halogens is 1. The molecule has 0 saturated heterocycles. The lowest BCUT2D eigenvalue weighted by molar-refractivity contribution is -0.135. The molecule has 1 aromatic carbocycles. The second-order valence-corrected chi connectivity index (χ2v) is 3.61. The molecular formula is C12H13ClO2. The van der Waals surface area contributed by atoms with Gasteiger partial charge in [0.2, 0.25) is 0 Å². The number of ether oxygens (including phenoxy) is 1. The van der Waals surface area contributed by atoms with Crippen molar-refractivity contribution in [1.29, 1.82) is 0 Å². The van der Waals surface area contributed by atoms with Crippen molar-refractivity contribution >= 4 is 17.6 Å². The van der Waals surface area contributed by atoms with Crippen molar-refractivity contribution in [1.82, 2.24) is 0 Å². The molecule has 1 unspecified atom stereocenters. The van der Waals surface area contributed by atoms with Crippen LogP contribution in [0, 0.1) is 0 Å². The fourth-order valence-electron chi connectivity index (χ4n) is 1.24. The maximum absolute atomic E-state index is 11.1. The van der Waals surface area contributed by atoms with Crippen molar-refractivity contribution < 1.29 is 9.53 Å². The van der Waals surface area contributed by atoms with Gasteiger partial charge in [0.15, 0.2) is 0 Å². The van der Waals surface area contributed by atoms with Gasteiger partial charge in [-0.2, -0.15) is 0 Å². The maximum Gasteiger partial charge on any atom is 0.349 e. The second kappa shape index (κ2) is 5.56. The molecule has 0 fully saturated rings. The van der Waals surface area contributed by atoms with Gasteiger partial charge in [-0.05, 0) is 5.56 Å². The SMILES string of the molecule is COC(=O)C(Cl)=CC(C)c1ccccc1. The summed E-state index contributed by atoms with van der Waals surface area (Å²) in [6.45, 7) is 1.97. The van der Waals surface area contributed by atoms with E-state index >= 15 is 0 Å². The van der Waals surface area contributed by atoms with E-state index in [4.69, 9.17) is 11.6 Å². The molecule has 0 radical (unpaired) electrons. The van der Waals surface area contributed by atoms with Gasteiger partial charge in [-0.25, -0.2) is 4.79 Å². The molecule has 80 valence electrons. The third kappa shape index (κ3) is 3.40. The van der Waals surface area contributed by atoms with Crippen molar-refractivity contribution in [2.45, 2.75) is 12.8 Å². The van der Waals surface area contributed by atoms with Gasteiger partial charge in [0.05, 0.1) is 7.11 Å². The van der Waals surface area contributed by atoms with Crippen molar-refractivity contribution in [3.05, 3.63) is 47.0 Å². The highest BCUT2D eigenvalue weighted by atomic mass is 35.5. The largest absolute Gasteiger partial charge is 0.465 e. The molecule has 0 amide bonds. The van der Waals surface area contributed by atoms with Crippen LogP contribution in [0.4, 0.5) is 0 Å². The Bertz CT molecular complexity index is 357. The fourth-order valence-corrected chi connectivity index (χ4v) is 1.50. The summed E-state index contributed by atoms with van der Waals surface area (Å²) in [4.78, 5) is 11.1. The molecule has 1 rings (SSSR count). The van der Waals surface area contributed by atoms with E-state index in [-0.39, 0.29) is 11.0 Å². The minimum absolute atomic E-state index is 0.0952. The van der Waals surface area contributed by atoms with Crippen LogP contribution in [0.15, 0.2) is 41.4 Å². The smallest absolute Gasteiger partial charge is 0.349 e. The highest BCUT2D eigenvalue weighted by Gasteiger charge is 2.09. The van der Waals surface area contributed by atoms with Crippen LogP contribution in [-0.4, -0.2) is 13.1 Å². The summed E-state index contributed by atoms with van der Waals surface area (Å²) >= 11 is 5.76. The van der Waals surface area contributed by atoms with E-state index in [0.717, 1.165) is 5.56 Å². The van der Waals surface area contributed by atoms with Gasteiger partial charge >= 0.3 is 5.97 Å². The van der Waals surface area contributed by atoms with Gasteiger partial charge in [0.1, 0.15) is 5.03 Å². The number of esters is 1. The molecule has 0 bridgehead atoms. The number of methoxy groups -OCH3 is 1. The Morgan fingerprint density at radius 2 is 2.00 bits per heavy atom. The lowest BCUT2D eigenvalue weighted by Crippen LogP contribution is -2.01. The Labute approximate surface area is 94.5 Å². The summed E-state index contributed by atoms with van der Waals surface area (Å²) in [6.07, 6.45) is 1.68. The van der Waals surface area contributed by atoms with Gasteiger partial charge in [-0.15, -0.1) is 0 Å². The van der Waals surface area contributed by atoms with E-state index < -0.39 is 5.97 Å². The first-order valence-corrected chi connectivity index (χ1v) is 5.03. The average molecular weight is 225 g/mol. The molecule has 0 aliphatic rings. The lowest BCUT2D eigenvalue weighted by Gasteiger charge is -2.06. The minimum atomic E-state index is -0.501. The number of hydrogen-bond acceptors (Lipinski definition) is 2. The molecule has 0 spiro atoms. The Balaban J connectivity index is 2.79. The molecule has 0 aromatic heterocycles. The Kier molecular flexibility index (Phi) is 4.37. The molecule has 3 heteroatoms. The highest BCUT2D eigenvalue weighted by Crippen LogP contribution is 2.19. The molecule has 0 saturated carbocycles.